The van der Waals surface area contributed by atoms with Gasteiger partial charge >= 0.3 is 12.3 Å². The number of carbonyl (C=O) groups excluding carboxylic acids is 1. The number of nitrogens with zero attached hydrogens (tertiary/aromatic N) is 1. The van der Waals surface area contributed by atoms with Gasteiger partial charge in [0.1, 0.15) is 11.4 Å². The fraction of sp³-hybridized carbons (Fsp3) is 0.400. The summed E-state index contributed by atoms with van der Waals surface area (Å²) in [6.07, 6.45) is -4.50. The van der Waals surface area contributed by atoms with Gasteiger partial charge in [0.15, 0.2) is 0 Å². The lowest BCUT2D eigenvalue weighted by Gasteiger charge is -2.14. The van der Waals surface area contributed by atoms with Gasteiger partial charge in [0, 0.05) is 10.9 Å². The standard InChI is InChI=1S/C10H8BrF4NO3/c1-2-18-9(17)7-5(3-11)6(12)4-16-8(7)19-10(13,14)15/h4H,2-3H2,1H3. The number of halogens is 5. The second-order valence-electron chi connectivity index (χ2n) is 3.17. The van der Waals surface area contributed by atoms with Crippen molar-refractivity contribution in [3.63, 3.8) is 0 Å². The lowest BCUT2D eigenvalue weighted by molar-refractivity contribution is -0.276. The average Bonchev–Trinajstić information content (AvgIpc) is 2.29. The molecule has 0 amide bonds. The van der Waals surface area contributed by atoms with Crippen LogP contribution < -0.4 is 4.74 Å². The maximum absolute atomic E-state index is 13.4. The predicted molar refractivity (Wildman–Crippen MR) is 59.5 cm³/mol. The van der Waals surface area contributed by atoms with Crippen LogP contribution in [0.3, 0.4) is 0 Å². The second kappa shape index (κ2) is 6.18. The summed E-state index contributed by atoms with van der Waals surface area (Å²) in [5, 5.41) is -0.191. The molecule has 0 radical (unpaired) electrons. The molecule has 0 atom stereocenters. The van der Waals surface area contributed by atoms with Crippen LogP contribution in [0.1, 0.15) is 22.8 Å². The van der Waals surface area contributed by atoms with E-state index in [1.807, 2.05) is 0 Å². The number of hydrogen-bond donors (Lipinski definition) is 0. The summed E-state index contributed by atoms with van der Waals surface area (Å²) < 4.78 is 58.2. The number of esters is 1. The minimum atomic E-state index is -5.05. The molecule has 0 unspecified atom stereocenters. The zero-order valence-corrected chi connectivity index (χ0v) is 11.1. The summed E-state index contributed by atoms with van der Waals surface area (Å²) in [4.78, 5) is 14.7. The normalized spacial score (nSPS) is 11.3. The second-order valence-corrected chi connectivity index (χ2v) is 3.73. The first-order valence-corrected chi connectivity index (χ1v) is 6.08. The van der Waals surface area contributed by atoms with Gasteiger partial charge in [-0.25, -0.2) is 14.2 Å². The van der Waals surface area contributed by atoms with Crippen molar-refractivity contribution in [2.24, 2.45) is 0 Å². The van der Waals surface area contributed by atoms with E-state index in [9.17, 15) is 22.4 Å². The quantitative estimate of drug-likeness (QED) is 0.477. The minimum Gasteiger partial charge on any atom is -0.462 e. The van der Waals surface area contributed by atoms with Crippen LogP contribution in [0.2, 0.25) is 0 Å². The van der Waals surface area contributed by atoms with Crippen molar-refractivity contribution in [3.05, 3.63) is 23.1 Å². The fourth-order valence-electron chi connectivity index (χ4n) is 1.24. The third kappa shape index (κ3) is 4.05. The molecule has 4 nitrogen and oxygen atoms in total. The molecule has 1 rings (SSSR count). The van der Waals surface area contributed by atoms with Crippen molar-refractivity contribution in [1.29, 1.82) is 0 Å². The number of ether oxygens (including phenoxy) is 2. The number of carbonyl (C=O) groups is 1. The van der Waals surface area contributed by atoms with E-state index in [0.717, 1.165) is 0 Å². The predicted octanol–water partition coefficient (Wildman–Crippen LogP) is 3.19. The van der Waals surface area contributed by atoms with Gasteiger partial charge in [-0.15, -0.1) is 13.2 Å². The minimum absolute atomic E-state index is 0.0808. The highest BCUT2D eigenvalue weighted by atomic mass is 79.9. The van der Waals surface area contributed by atoms with Gasteiger partial charge in [0.2, 0.25) is 5.88 Å². The Bertz CT molecular complexity index is 479. The van der Waals surface area contributed by atoms with E-state index in [0.29, 0.717) is 6.20 Å². The molecule has 0 aliphatic rings. The summed E-state index contributed by atoms with van der Waals surface area (Å²) in [5.74, 6) is -3.11. The van der Waals surface area contributed by atoms with E-state index in [1.54, 1.807) is 0 Å². The van der Waals surface area contributed by atoms with Crippen LogP contribution in [0, 0.1) is 5.82 Å². The highest BCUT2D eigenvalue weighted by Gasteiger charge is 2.35. The Labute approximate surface area is 113 Å². The topological polar surface area (TPSA) is 48.4 Å². The summed E-state index contributed by atoms with van der Waals surface area (Å²) in [7, 11) is 0. The number of aromatic nitrogens is 1. The van der Waals surface area contributed by atoms with E-state index in [4.69, 9.17) is 0 Å². The zero-order chi connectivity index (χ0) is 14.6. The van der Waals surface area contributed by atoms with Crippen molar-refractivity contribution in [2.45, 2.75) is 18.6 Å². The first kappa shape index (κ1) is 15.7. The van der Waals surface area contributed by atoms with Crippen molar-refractivity contribution < 1.29 is 31.8 Å². The molecule has 0 bridgehead atoms. The molecule has 0 saturated heterocycles. The lowest BCUT2D eigenvalue weighted by Crippen LogP contribution is -2.22. The maximum atomic E-state index is 13.4. The molecule has 9 heteroatoms. The molecule has 1 aromatic rings. The van der Waals surface area contributed by atoms with E-state index in [2.05, 4.69) is 30.4 Å². The van der Waals surface area contributed by atoms with E-state index >= 15 is 0 Å². The van der Waals surface area contributed by atoms with Gasteiger partial charge in [-0.3, -0.25) is 0 Å². The van der Waals surface area contributed by atoms with Gasteiger partial charge in [-0.1, -0.05) is 15.9 Å². The molecule has 0 aromatic carbocycles. The van der Waals surface area contributed by atoms with Crippen molar-refractivity contribution >= 4 is 21.9 Å². The highest BCUT2D eigenvalue weighted by molar-refractivity contribution is 9.08. The lowest BCUT2D eigenvalue weighted by atomic mass is 10.1. The van der Waals surface area contributed by atoms with Gasteiger partial charge in [-0.05, 0) is 6.92 Å². The molecule has 0 aliphatic carbocycles. The van der Waals surface area contributed by atoms with Crippen LogP contribution in [0.25, 0.3) is 0 Å². The molecule has 0 N–H and O–H groups in total. The van der Waals surface area contributed by atoms with Crippen molar-refractivity contribution in [1.82, 2.24) is 4.98 Å². The van der Waals surface area contributed by atoms with E-state index in [-0.39, 0.29) is 17.5 Å². The van der Waals surface area contributed by atoms with Gasteiger partial charge < -0.3 is 9.47 Å². The van der Waals surface area contributed by atoms with Crippen LogP contribution in [-0.2, 0) is 10.1 Å². The Kier molecular flexibility index (Phi) is 5.10. The number of rotatable bonds is 4. The fourth-order valence-corrected chi connectivity index (χ4v) is 1.79. The largest absolute Gasteiger partial charge is 0.574 e. The molecular formula is C10H8BrF4NO3. The number of pyridine rings is 1. The van der Waals surface area contributed by atoms with Crippen molar-refractivity contribution in [2.75, 3.05) is 6.61 Å². The summed E-state index contributed by atoms with van der Waals surface area (Å²) in [6, 6.07) is 0. The smallest absolute Gasteiger partial charge is 0.462 e. The Morgan fingerprint density at radius 3 is 2.58 bits per heavy atom. The van der Waals surface area contributed by atoms with E-state index < -0.39 is 29.6 Å². The summed E-state index contributed by atoms with van der Waals surface area (Å²) in [5.41, 5.74) is -0.997. The Morgan fingerprint density at radius 2 is 2.11 bits per heavy atom. The van der Waals surface area contributed by atoms with Gasteiger partial charge in [0.05, 0.1) is 12.8 Å². The van der Waals surface area contributed by atoms with Crippen LogP contribution >= 0.6 is 15.9 Å². The Balaban J connectivity index is 3.34. The summed E-state index contributed by atoms with van der Waals surface area (Å²) in [6.45, 7) is 1.38. The maximum Gasteiger partial charge on any atom is 0.574 e. The molecule has 106 valence electrons. The molecule has 0 aliphatic heterocycles. The molecule has 19 heavy (non-hydrogen) atoms. The highest BCUT2D eigenvalue weighted by Crippen LogP contribution is 2.29. The van der Waals surface area contributed by atoms with Crippen LogP contribution in [-0.4, -0.2) is 23.9 Å². The van der Waals surface area contributed by atoms with Crippen LogP contribution in [0.5, 0.6) is 5.88 Å². The molecule has 0 fully saturated rings. The third-order valence-electron chi connectivity index (χ3n) is 1.92. The zero-order valence-electron chi connectivity index (χ0n) is 9.55. The first-order chi connectivity index (χ1) is 8.80. The number of hydrogen-bond acceptors (Lipinski definition) is 4. The van der Waals surface area contributed by atoms with Crippen molar-refractivity contribution in [3.8, 4) is 5.88 Å². The monoisotopic (exact) mass is 345 g/mol. The van der Waals surface area contributed by atoms with Crippen LogP contribution in [0.15, 0.2) is 6.20 Å². The molecular weight excluding hydrogens is 338 g/mol. The number of alkyl halides is 4. The molecule has 0 saturated carbocycles. The van der Waals surface area contributed by atoms with Gasteiger partial charge in [0.25, 0.3) is 0 Å². The molecule has 1 aromatic heterocycles. The SMILES string of the molecule is CCOC(=O)c1c(OC(F)(F)F)ncc(F)c1CBr. The molecule has 1 heterocycles. The Hall–Kier alpha value is -1.38. The average molecular weight is 346 g/mol. The first-order valence-electron chi connectivity index (χ1n) is 4.96. The third-order valence-corrected chi connectivity index (χ3v) is 2.49. The molecule has 0 spiro atoms. The summed E-state index contributed by atoms with van der Waals surface area (Å²) >= 11 is 2.88. The van der Waals surface area contributed by atoms with Gasteiger partial charge in [-0.2, -0.15) is 0 Å². The van der Waals surface area contributed by atoms with E-state index in [1.165, 1.54) is 6.92 Å². The van der Waals surface area contributed by atoms with Crippen LogP contribution in [0.4, 0.5) is 17.6 Å². The Morgan fingerprint density at radius 1 is 1.47 bits per heavy atom.